The second-order valence-electron chi connectivity index (χ2n) is 7.99. The van der Waals surface area contributed by atoms with Gasteiger partial charge in [0.1, 0.15) is 11.6 Å². The summed E-state index contributed by atoms with van der Waals surface area (Å²) in [5.74, 6) is -0.565. The SMILES string of the molecule is COC(=O)C1CC(OCCOS(=O)(=O)c2ccc(C)cc2)CN1C(=O)OC(C)(C)C. The zero-order chi connectivity index (χ0) is 22.5. The predicted octanol–water partition coefficient (Wildman–Crippen LogP) is 2.27. The molecule has 1 amide bonds. The van der Waals surface area contributed by atoms with E-state index >= 15 is 0 Å². The Labute approximate surface area is 177 Å². The molecule has 2 rings (SSSR count). The fourth-order valence-electron chi connectivity index (χ4n) is 2.93. The minimum atomic E-state index is -3.88. The first-order chi connectivity index (χ1) is 13.9. The Morgan fingerprint density at radius 2 is 1.77 bits per heavy atom. The first-order valence-electron chi connectivity index (χ1n) is 9.58. The van der Waals surface area contributed by atoms with E-state index in [-0.39, 0.29) is 31.1 Å². The van der Waals surface area contributed by atoms with Crippen LogP contribution in [-0.2, 0) is 33.3 Å². The van der Waals surface area contributed by atoms with Crippen molar-refractivity contribution in [3.8, 4) is 0 Å². The molecule has 1 aromatic rings. The molecule has 1 fully saturated rings. The summed E-state index contributed by atoms with van der Waals surface area (Å²) < 4.78 is 45.1. The molecule has 0 radical (unpaired) electrons. The summed E-state index contributed by atoms with van der Waals surface area (Å²) in [5.41, 5.74) is 0.225. The molecule has 0 bridgehead atoms. The molecule has 2 atom stereocenters. The molecule has 2 unspecified atom stereocenters. The van der Waals surface area contributed by atoms with Gasteiger partial charge in [-0.3, -0.25) is 9.08 Å². The maximum atomic E-state index is 12.4. The fraction of sp³-hybridized carbons (Fsp3) is 0.600. The van der Waals surface area contributed by atoms with Crippen LogP contribution in [0.5, 0.6) is 0 Å². The molecule has 0 spiro atoms. The second-order valence-corrected chi connectivity index (χ2v) is 9.60. The van der Waals surface area contributed by atoms with Crippen LogP contribution in [0.2, 0.25) is 0 Å². The predicted molar refractivity (Wildman–Crippen MR) is 107 cm³/mol. The van der Waals surface area contributed by atoms with Crippen molar-refractivity contribution >= 4 is 22.2 Å². The molecule has 1 heterocycles. The Bertz CT molecular complexity index is 845. The van der Waals surface area contributed by atoms with Crippen LogP contribution in [0.25, 0.3) is 0 Å². The smallest absolute Gasteiger partial charge is 0.411 e. The van der Waals surface area contributed by atoms with Crippen LogP contribution in [0.3, 0.4) is 0 Å². The molecule has 30 heavy (non-hydrogen) atoms. The Kier molecular flexibility index (Phi) is 7.84. The van der Waals surface area contributed by atoms with Gasteiger partial charge in [0.15, 0.2) is 0 Å². The summed E-state index contributed by atoms with van der Waals surface area (Å²) in [4.78, 5) is 25.8. The normalized spacial score (nSPS) is 19.6. The van der Waals surface area contributed by atoms with E-state index in [2.05, 4.69) is 0 Å². The zero-order valence-corrected chi connectivity index (χ0v) is 18.7. The zero-order valence-electron chi connectivity index (χ0n) is 17.9. The monoisotopic (exact) mass is 443 g/mol. The highest BCUT2D eigenvalue weighted by Gasteiger charge is 2.42. The van der Waals surface area contributed by atoms with E-state index in [4.69, 9.17) is 18.4 Å². The molecule has 0 aromatic heterocycles. The van der Waals surface area contributed by atoms with Gasteiger partial charge in [0, 0.05) is 6.42 Å². The summed E-state index contributed by atoms with van der Waals surface area (Å²) in [5, 5.41) is 0. The van der Waals surface area contributed by atoms with E-state index in [9.17, 15) is 18.0 Å². The number of carbonyl (C=O) groups excluding carboxylic acids is 2. The number of esters is 1. The number of amides is 1. The van der Waals surface area contributed by atoms with Crippen molar-refractivity contribution in [2.45, 2.75) is 56.8 Å². The Morgan fingerprint density at radius 1 is 1.13 bits per heavy atom. The molecular weight excluding hydrogens is 414 g/mol. The first-order valence-corrected chi connectivity index (χ1v) is 11.0. The fourth-order valence-corrected chi connectivity index (χ4v) is 3.82. The van der Waals surface area contributed by atoms with Crippen LogP contribution < -0.4 is 0 Å². The van der Waals surface area contributed by atoms with Crippen LogP contribution >= 0.6 is 0 Å². The molecular formula is C20H29NO8S. The Hall–Kier alpha value is -2.17. The van der Waals surface area contributed by atoms with E-state index in [0.29, 0.717) is 0 Å². The lowest BCUT2D eigenvalue weighted by Gasteiger charge is -2.27. The van der Waals surface area contributed by atoms with Gasteiger partial charge in [-0.25, -0.2) is 9.59 Å². The van der Waals surface area contributed by atoms with Gasteiger partial charge in [0.25, 0.3) is 10.1 Å². The number of aryl methyl sites for hydroxylation is 1. The third-order valence-corrected chi connectivity index (χ3v) is 5.68. The molecule has 0 saturated carbocycles. The van der Waals surface area contributed by atoms with Crippen LogP contribution in [0.4, 0.5) is 4.79 Å². The number of nitrogens with zero attached hydrogens (tertiary/aromatic N) is 1. The first kappa shape index (κ1) is 24.1. The van der Waals surface area contributed by atoms with Crippen LogP contribution in [0.1, 0.15) is 32.8 Å². The van der Waals surface area contributed by atoms with Crippen molar-refractivity contribution < 1.29 is 36.4 Å². The lowest BCUT2D eigenvalue weighted by atomic mass is 10.2. The number of ether oxygens (including phenoxy) is 3. The topological polar surface area (TPSA) is 108 Å². The highest BCUT2D eigenvalue weighted by Crippen LogP contribution is 2.24. The average molecular weight is 444 g/mol. The lowest BCUT2D eigenvalue weighted by Crippen LogP contribution is -2.44. The lowest BCUT2D eigenvalue weighted by molar-refractivity contribution is -0.145. The van der Waals surface area contributed by atoms with E-state index in [0.717, 1.165) is 5.56 Å². The molecule has 0 aliphatic carbocycles. The number of hydrogen-bond donors (Lipinski definition) is 0. The number of hydrogen-bond acceptors (Lipinski definition) is 8. The number of carbonyl (C=O) groups is 2. The molecule has 0 N–H and O–H groups in total. The minimum Gasteiger partial charge on any atom is -0.467 e. The van der Waals surface area contributed by atoms with Gasteiger partial charge in [0.2, 0.25) is 0 Å². The minimum absolute atomic E-state index is 0.0220. The van der Waals surface area contributed by atoms with Crippen molar-refractivity contribution in [3.05, 3.63) is 29.8 Å². The highest BCUT2D eigenvalue weighted by atomic mass is 32.2. The van der Waals surface area contributed by atoms with Gasteiger partial charge in [-0.2, -0.15) is 8.42 Å². The number of likely N-dealkylation sites (tertiary alicyclic amines) is 1. The van der Waals surface area contributed by atoms with Gasteiger partial charge in [0.05, 0.1) is 37.9 Å². The maximum absolute atomic E-state index is 12.4. The number of benzene rings is 1. The molecule has 168 valence electrons. The Balaban J connectivity index is 1.90. The van der Waals surface area contributed by atoms with Crippen molar-refractivity contribution in [2.24, 2.45) is 0 Å². The molecule has 1 aliphatic heterocycles. The third kappa shape index (κ3) is 6.68. The van der Waals surface area contributed by atoms with Gasteiger partial charge in [-0.15, -0.1) is 0 Å². The number of methoxy groups -OCH3 is 1. The van der Waals surface area contributed by atoms with Crippen molar-refractivity contribution in [3.63, 3.8) is 0 Å². The molecule has 1 aliphatic rings. The maximum Gasteiger partial charge on any atom is 0.411 e. The van der Waals surface area contributed by atoms with Gasteiger partial charge < -0.3 is 14.2 Å². The number of rotatable bonds is 7. The highest BCUT2D eigenvalue weighted by molar-refractivity contribution is 7.86. The summed E-state index contributed by atoms with van der Waals surface area (Å²) >= 11 is 0. The third-order valence-electron chi connectivity index (χ3n) is 4.35. The van der Waals surface area contributed by atoms with Crippen molar-refractivity contribution in [2.75, 3.05) is 26.9 Å². The van der Waals surface area contributed by atoms with E-state index in [1.807, 2.05) is 6.92 Å². The van der Waals surface area contributed by atoms with Crippen molar-refractivity contribution in [1.82, 2.24) is 4.90 Å². The summed E-state index contributed by atoms with van der Waals surface area (Å²) in [6.07, 6.45) is -0.897. The van der Waals surface area contributed by atoms with Crippen LogP contribution in [0, 0.1) is 6.92 Å². The van der Waals surface area contributed by atoms with Gasteiger partial charge >= 0.3 is 12.1 Å². The molecule has 1 aromatic carbocycles. The van der Waals surface area contributed by atoms with E-state index < -0.39 is 39.9 Å². The van der Waals surface area contributed by atoms with E-state index in [1.165, 1.54) is 24.1 Å². The summed E-state index contributed by atoms with van der Waals surface area (Å²) in [7, 11) is -2.64. The van der Waals surface area contributed by atoms with Crippen LogP contribution in [0.15, 0.2) is 29.2 Å². The molecule has 9 nitrogen and oxygen atoms in total. The standard InChI is InChI=1S/C20H29NO8S/c1-14-6-8-16(9-7-14)30(24,25)28-11-10-27-15-12-17(18(22)26-5)21(13-15)19(23)29-20(2,3)4/h6-9,15,17H,10-13H2,1-5H3. The van der Waals surface area contributed by atoms with Crippen molar-refractivity contribution in [1.29, 1.82) is 0 Å². The largest absolute Gasteiger partial charge is 0.467 e. The van der Waals surface area contributed by atoms with Gasteiger partial charge in [-0.1, -0.05) is 17.7 Å². The van der Waals surface area contributed by atoms with Gasteiger partial charge in [-0.05, 0) is 39.8 Å². The average Bonchev–Trinajstić information content (AvgIpc) is 3.08. The molecule has 1 saturated heterocycles. The summed E-state index contributed by atoms with van der Waals surface area (Å²) in [6, 6.07) is 5.49. The second kappa shape index (κ2) is 9.76. The van der Waals surface area contributed by atoms with E-state index in [1.54, 1.807) is 32.9 Å². The molecule has 10 heteroatoms. The Morgan fingerprint density at radius 3 is 2.33 bits per heavy atom. The van der Waals surface area contributed by atoms with Crippen LogP contribution in [-0.4, -0.2) is 70.0 Å². The summed E-state index contributed by atoms with van der Waals surface area (Å²) in [6.45, 7) is 6.96. The quantitative estimate of drug-likeness (QED) is 0.359.